The van der Waals surface area contributed by atoms with Gasteiger partial charge in [-0.05, 0) is 24.3 Å². The lowest BCUT2D eigenvalue weighted by molar-refractivity contribution is -0.385. The first kappa shape index (κ1) is 17.3. The van der Waals surface area contributed by atoms with Gasteiger partial charge < -0.3 is 9.73 Å². The molecule has 1 amide bonds. The van der Waals surface area contributed by atoms with Crippen LogP contribution in [0.5, 0.6) is 0 Å². The first-order chi connectivity index (χ1) is 13.5. The van der Waals surface area contributed by atoms with E-state index in [1.54, 1.807) is 24.3 Å². The second-order valence-corrected chi connectivity index (χ2v) is 6.11. The monoisotopic (exact) mass is 376 g/mol. The standard InChI is InChI=1S/C20H12N2O6/c23-18-12-5-1-2-6-13(12)19(24)16-14(18)7-8-15(17(16)22(26)27)20(25)21-10-11-4-3-9-28-11/h1-9H,10H2,(H,21,25). The third-order valence-corrected chi connectivity index (χ3v) is 4.50. The van der Waals surface area contributed by atoms with Gasteiger partial charge in [-0.15, -0.1) is 0 Å². The van der Waals surface area contributed by atoms with Crippen LogP contribution in [0.15, 0.2) is 59.2 Å². The molecule has 1 N–H and O–H groups in total. The number of carbonyl (C=O) groups excluding carboxylic acids is 3. The molecule has 3 aromatic rings. The maximum atomic E-state index is 12.9. The third kappa shape index (κ3) is 2.67. The van der Waals surface area contributed by atoms with Crippen molar-refractivity contribution in [3.63, 3.8) is 0 Å². The van der Waals surface area contributed by atoms with E-state index < -0.39 is 28.1 Å². The van der Waals surface area contributed by atoms with Crippen LogP contribution in [-0.4, -0.2) is 22.4 Å². The number of nitrogens with zero attached hydrogens (tertiary/aromatic N) is 1. The summed E-state index contributed by atoms with van der Waals surface area (Å²) < 4.78 is 5.11. The fraction of sp³-hybridized carbons (Fsp3) is 0.0500. The number of furan rings is 1. The van der Waals surface area contributed by atoms with Gasteiger partial charge in [-0.1, -0.05) is 24.3 Å². The minimum Gasteiger partial charge on any atom is -0.467 e. The summed E-state index contributed by atoms with van der Waals surface area (Å²) in [5.74, 6) is -1.42. The van der Waals surface area contributed by atoms with Crippen LogP contribution in [0.25, 0.3) is 0 Å². The van der Waals surface area contributed by atoms with Crippen LogP contribution < -0.4 is 5.32 Å². The van der Waals surface area contributed by atoms with Crippen molar-refractivity contribution in [3.05, 3.63) is 98.5 Å². The molecule has 0 radical (unpaired) electrons. The lowest BCUT2D eigenvalue weighted by Crippen LogP contribution is -2.27. The molecule has 8 heteroatoms. The highest BCUT2D eigenvalue weighted by atomic mass is 16.6. The fourth-order valence-electron chi connectivity index (χ4n) is 3.22. The molecule has 1 aliphatic carbocycles. The molecule has 0 atom stereocenters. The van der Waals surface area contributed by atoms with E-state index in [-0.39, 0.29) is 34.4 Å². The summed E-state index contributed by atoms with van der Waals surface area (Å²) in [5, 5.41) is 14.3. The van der Waals surface area contributed by atoms with Gasteiger partial charge in [0, 0.05) is 16.7 Å². The number of nitrogens with one attached hydrogen (secondary N) is 1. The molecule has 28 heavy (non-hydrogen) atoms. The molecule has 8 nitrogen and oxygen atoms in total. The highest BCUT2D eigenvalue weighted by molar-refractivity contribution is 6.30. The Bertz CT molecular complexity index is 1150. The largest absolute Gasteiger partial charge is 0.467 e. The van der Waals surface area contributed by atoms with Gasteiger partial charge in [0.2, 0.25) is 5.78 Å². The Hall–Kier alpha value is -4.07. The predicted molar refractivity (Wildman–Crippen MR) is 96.3 cm³/mol. The minimum atomic E-state index is -0.806. The highest BCUT2D eigenvalue weighted by Gasteiger charge is 2.38. The first-order valence-electron chi connectivity index (χ1n) is 8.29. The lowest BCUT2D eigenvalue weighted by Gasteiger charge is -2.18. The van der Waals surface area contributed by atoms with Crippen LogP contribution in [-0.2, 0) is 6.54 Å². The minimum absolute atomic E-state index is 0.0236. The molecule has 1 aromatic heterocycles. The number of carbonyl (C=O) groups is 3. The SMILES string of the molecule is O=C1c2ccccc2C(=O)c2c1ccc(C(=O)NCc1ccco1)c2[N+](=O)[O-]. The van der Waals surface area contributed by atoms with Crippen molar-refractivity contribution in [2.75, 3.05) is 0 Å². The van der Waals surface area contributed by atoms with Crippen molar-refractivity contribution in [1.82, 2.24) is 5.32 Å². The Labute approximate surface area is 157 Å². The lowest BCUT2D eigenvalue weighted by atomic mass is 9.82. The molecule has 0 spiro atoms. The number of benzene rings is 2. The molecule has 2 aromatic carbocycles. The Morgan fingerprint density at radius 2 is 1.68 bits per heavy atom. The van der Waals surface area contributed by atoms with Gasteiger partial charge >= 0.3 is 0 Å². The second kappa shape index (κ2) is 6.58. The molecular weight excluding hydrogens is 364 g/mol. The number of amides is 1. The molecule has 0 fully saturated rings. The molecule has 0 aliphatic heterocycles. The van der Waals surface area contributed by atoms with Gasteiger partial charge in [-0.3, -0.25) is 24.5 Å². The zero-order valence-electron chi connectivity index (χ0n) is 14.3. The van der Waals surface area contributed by atoms with Gasteiger partial charge in [0.15, 0.2) is 5.78 Å². The molecule has 138 valence electrons. The molecule has 4 rings (SSSR count). The summed E-state index contributed by atoms with van der Waals surface area (Å²) in [6.07, 6.45) is 1.44. The van der Waals surface area contributed by atoms with Crippen LogP contribution in [0.1, 0.15) is 48.0 Å². The summed E-state index contributed by atoms with van der Waals surface area (Å²) in [6, 6.07) is 11.9. The van der Waals surface area contributed by atoms with Gasteiger partial charge in [0.05, 0.1) is 17.7 Å². The van der Waals surface area contributed by atoms with Crippen molar-refractivity contribution >= 4 is 23.2 Å². The molecule has 1 aliphatic rings. The van der Waals surface area contributed by atoms with E-state index in [4.69, 9.17) is 4.42 Å². The van der Waals surface area contributed by atoms with Crippen molar-refractivity contribution in [1.29, 1.82) is 0 Å². The number of fused-ring (bicyclic) bond motifs is 2. The average Bonchev–Trinajstić information content (AvgIpc) is 3.22. The van der Waals surface area contributed by atoms with E-state index in [9.17, 15) is 24.5 Å². The molecule has 0 unspecified atom stereocenters. The number of rotatable bonds is 4. The summed E-state index contributed by atoms with van der Waals surface area (Å²) >= 11 is 0. The van der Waals surface area contributed by atoms with E-state index in [0.717, 1.165) is 0 Å². The van der Waals surface area contributed by atoms with E-state index in [1.165, 1.54) is 30.5 Å². The topological polar surface area (TPSA) is 120 Å². The van der Waals surface area contributed by atoms with E-state index in [1.807, 2.05) is 0 Å². The second-order valence-electron chi connectivity index (χ2n) is 6.11. The zero-order chi connectivity index (χ0) is 19.8. The maximum absolute atomic E-state index is 12.9. The normalized spacial score (nSPS) is 12.3. The molecular formula is C20H12N2O6. The molecule has 0 saturated heterocycles. The van der Waals surface area contributed by atoms with Crippen LogP contribution in [0.2, 0.25) is 0 Å². The van der Waals surface area contributed by atoms with Gasteiger partial charge in [-0.2, -0.15) is 0 Å². The number of nitro groups is 1. The van der Waals surface area contributed by atoms with Crippen molar-refractivity contribution in [2.45, 2.75) is 6.54 Å². The Balaban J connectivity index is 1.80. The summed E-state index contributed by atoms with van der Waals surface area (Å²) in [6.45, 7) is 0.0236. The zero-order valence-corrected chi connectivity index (χ0v) is 14.3. The van der Waals surface area contributed by atoms with Crippen LogP contribution >= 0.6 is 0 Å². The van der Waals surface area contributed by atoms with Gasteiger partial charge in [0.1, 0.15) is 16.9 Å². The van der Waals surface area contributed by atoms with Crippen molar-refractivity contribution < 1.29 is 23.7 Å². The molecule has 0 bridgehead atoms. The number of nitro benzene ring substituents is 1. The van der Waals surface area contributed by atoms with Gasteiger partial charge in [0.25, 0.3) is 11.6 Å². The molecule has 1 heterocycles. The predicted octanol–water partition coefficient (Wildman–Crippen LogP) is 2.89. The van der Waals surface area contributed by atoms with E-state index in [2.05, 4.69) is 5.32 Å². The third-order valence-electron chi connectivity index (χ3n) is 4.50. The Morgan fingerprint density at radius 3 is 2.32 bits per heavy atom. The first-order valence-corrected chi connectivity index (χ1v) is 8.29. The maximum Gasteiger partial charge on any atom is 0.294 e. The highest BCUT2D eigenvalue weighted by Crippen LogP contribution is 2.35. The molecule has 0 saturated carbocycles. The number of hydrogen-bond donors (Lipinski definition) is 1. The quantitative estimate of drug-likeness (QED) is 0.432. The van der Waals surface area contributed by atoms with E-state index >= 15 is 0 Å². The fourth-order valence-corrected chi connectivity index (χ4v) is 3.22. The smallest absolute Gasteiger partial charge is 0.294 e. The summed E-state index contributed by atoms with van der Waals surface area (Å²) in [4.78, 5) is 49.1. The van der Waals surface area contributed by atoms with Gasteiger partial charge in [-0.25, -0.2) is 0 Å². The van der Waals surface area contributed by atoms with Crippen LogP contribution in [0, 0.1) is 10.1 Å². The Kier molecular flexibility index (Phi) is 4.08. The van der Waals surface area contributed by atoms with Crippen LogP contribution in [0.3, 0.4) is 0 Å². The van der Waals surface area contributed by atoms with Crippen molar-refractivity contribution in [2.24, 2.45) is 0 Å². The summed E-state index contributed by atoms with van der Waals surface area (Å²) in [7, 11) is 0. The Morgan fingerprint density at radius 1 is 0.964 bits per heavy atom. The van der Waals surface area contributed by atoms with E-state index in [0.29, 0.717) is 5.76 Å². The number of ketones is 2. The van der Waals surface area contributed by atoms with Crippen molar-refractivity contribution in [3.8, 4) is 0 Å². The number of hydrogen-bond acceptors (Lipinski definition) is 6. The van der Waals surface area contributed by atoms with Crippen LogP contribution in [0.4, 0.5) is 5.69 Å². The summed E-state index contributed by atoms with van der Waals surface area (Å²) in [5.41, 5.74) is -1.16. The average molecular weight is 376 g/mol.